The van der Waals surface area contributed by atoms with Gasteiger partial charge in [0.2, 0.25) is 0 Å². The summed E-state index contributed by atoms with van der Waals surface area (Å²) < 4.78 is 13.9. The van der Waals surface area contributed by atoms with Crippen molar-refractivity contribution in [3.8, 4) is 11.5 Å². The summed E-state index contributed by atoms with van der Waals surface area (Å²) in [6.45, 7) is 10.5. The Labute approximate surface area is 203 Å². The lowest BCUT2D eigenvalue weighted by molar-refractivity contribution is -0.0168. The van der Waals surface area contributed by atoms with Gasteiger partial charge in [-0.25, -0.2) is 0 Å². The van der Waals surface area contributed by atoms with Crippen molar-refractivity contribution in [2.75, 3.05) is 26.3 Å². The van der Waals surface area contributed by atoms with E-state index in [0.717, 1.165) is 61.9 Å². The third-order valence-corrected chi connectivity index (χ3v) is 6.52. The van der Waals surface area contributed by atoms with Gasteiger partial charge in [0.15, 0.2) is 0 Å². The molecule has 6 heteroatoms. The predicted molar refractivity (Wildman–Crippen MR) is 134 cm³/mol. The van der Waals surface area contributed by atoms with E-state index >= 15 is 0 Å². The van der Waals surface area contributed by atoms with Crippen LogP contribution in [0, 0.1) is 20.8 Å². The van der Waals surface area contributed by atoms with Crippen molar-refractivity contribution in [3.05, 3.63) is 77.1 Å². The van der Waals surface area contributed by atoms with Crippen LogP contribution in [0.4, 0.5) is 0 Å². The van der Waals surface area contributed by atoms with Crippen molar-refractivity contribution >= 4 is 0 Å². The van der Waals surface area contributed by atoms with Gasteiger partial charge in [-0.1, -0.05) is 29.8 Å². The van der Waals surface area contributed by atoms with Gasteiger partial charge in [0.25, 0.3) is 0 Å². The van der Waals surface area contributed by atoms with E-state index in [0.29, 0.717) is 19.6 Å². The molecule has 1 fully saturated rings. The molecule has 1 saturated heterocycles. The Morgan fingerprint density at radius 2 is 1.76 bits per heavy atom. The van der Waals surface area contributed by atoms with Gasteiger partial charge in [-0.05, 0) is 82.5 Å². The maximum absolute atomic E-state index is 11.1. The Hall–Kier alpha value is -2.83. The van der Waals surface area contributed by atoms with E-state index in [-0.39, 0.29) is 0 Å². The van der Waals surface area contributed by atoms with Crippen LogP contribution in [0.2, 0.25) is 0 Å². The smallest absolute Gasteiger partial charge is 0.119 e. The highest BCUT2D eigenvalue weighted by atomic mass is 16.5. The molecule has 1 aliphatic heterocycles. The maximum atomic E-state index is 11.1. The van der Waals surface area contributed by atoms with Crippen molar-refractivity contribution in [2.45, 2.75) is 58.7 Å². The molecule has 0 aliphatic carbocycles. The molecule has 182 valence electrons. The van der Waals surface area contributed by atoms with E-state index in [9.17, 15) is 5.11 Å². The summed E-state index contributed by atoms with van der Waals surface area (Å²) in [4.78, 5) is 2.42. The number of hydrogen-bond acceptors (Lipinski definition) is 5. The lowest BCUT2D eigenvalue weighted by Crippen LogP contribution is -2.37. The van der Waals surface area contributed by atoms with Crippen molar-refractivity contribution in [1.29, 1.82) is 0 Å². The Balaban J connectivity index is 1.26. The molecule has 1 aromatic heterocycles. The van der Waals surface area contributed by atoms with Crippen LogP contribution in [0.5, 0.6) is 11.5 Å². The van der Waals surface area contributed by atoms with Gasteiger partial charge >= 0.3 is 0 Å². The van der Waals surface area contributed by atoms with Gasteiger partial charge in [0, 0.05) is 18.8 Å². The molecule has 34 heavy (non-hydrogen) atoms. The van der Waals surface area contributed by atoms with E-state index in [4.69, 9.17) is 9.47 Å². The highest BCUT2D eigenvalue weighted by Crippen LogP contribution is 2.25. The standard InChI is InChI=1S/C28H37N3O3/c1-22-8-10-26(11-9-22)34-21-28(32)12-5-14-30(15-13-28)20-25-6-4-7-27(19-25)33-17-16-31-24(3)18-23(2)29-31/h4,6-11,18-19,32H,5,12-17,20-21H2,1-3H3/t28-/m0/s1. The van der Waals surface area contributed by atoms with Crippen LogP contribution in [-0.2, 0) is 13.1 Å². The Bertz CT molecular complexity index is 1060. The van der Waals surface area contributed by atoms with Crippen LogP contribution >= 0.6 is 0 Å². The quantitative estimate of drug-likeness (QED) is 0.499. The van der Waals surface area contributed by atoms with E-state index in [1.165, 1.54) is 11.1 Å². The molecule has 0 unspecified atom stereocenters. The van der Waals surface area contributed by atoms with Gasteiger partial charge in [0.05, 0.1) is 17.8 Å². The Morgan fingerprint density at radius 1 is 0.941 bits per heavy atom. The third kappa shape index (κ3) is 6.84. The molecular formula is C28H37N3O3. The van der Waals surface area contributed by atoms with Crippen molar-refractivity contribution in [2.24, 2.45) is 0 Å². The number of rotatable bonds is 9. The molecule has 1 atom stereocenters. The van der Waals surface area contributed by atoms with Gasteiger partial charge in [0.1, 0.15) is 24.7 Å². The summed E-state index contributed by atoms with van der Waals surface area (Å²) in [6.07, 6.45) is 2.41. The summed E-state index contributed by atoms with van der Waals surface area (Å²) in [7, 11) is 0. The normalized spacial score (nSPS) is 19.1. The first-order valence-corrected chi connectivity index (χ1v) is 12.3. The molecule has 0 saturated carbocycles. The number of nitrogens with zero attached hydrogens (tertiary/aromatic N) is 3. The number of aliphatic hydroxyl groups is 1. The minimum Gasteiger partial charge on any atom is -0.492 e. The molecule has 6 nitrogen and oxygen atoms in total. The van der Waals surface area contributed by atoms with Gasteiger partial charge < -0.3 is 14.6 Å². The fraction of sp³-hybridized carbons (Fsp3) is 0.464. The van der Waals surface area contributed by atoms with Crippen LogP contribution in [-0.4, -0.2) is 51.7 Å². The highest BCUT2D eigenvalue weighted by molar-refractivity contribution is 5.29. The van der Waals surface area contributed by atoms with Gasteiger partial charge in [-0.3, -0.25) is 9.58 Å². The Morgan fingerprint density at radius 3 is 2.53 bits per heavy atom. The largest absolute Gasteiger partial charge is 0.492 e. The minimum atomic E-state index is -0.784. The SMILES string of the molecule is Cc1ccc(OC[C@]2(O)CCCN(Cc3cccc(OCCn4nc(C)cc4C)c3)CC2)cc1. The molecular weight excluding hydrogens is 426 g/mol. The molecule has 0 spiro atoms. The second kappa shape index (κ2) is 11.1. The van der Waals surface area contributed by atoms with Gasteiger partial charge in [-0.15, -0.1) is 0 Å². The van der Waals surface area contributed by atoms with Crippen LogP contribution in [0.1, 0.15) is 41.8 Å². The molecule has 0 amide bonds. The van der Waals surface area contributed by atoms with Crippen molar-refractivity contribution in [1.82, 2.24) is 14.7 Å². The summed E-state index contributed by atoms with van der Waals surface area (Å²) >= 11 is 0. The molecule has 1 aliphatic rings. The van der Waals surface area contributed by atoms with Crippen molar-refractivity contribution < 1.29 is 14.6 Å². The van der Waals surface area contributed by atoms with Crippen molar-refractivity contribution in [3.63, 3.8) is 0 Å². The summed E-state index contributed by atoms with van der Waals surface area (Å²) in [5, 5.41) is 15.6. The first kappa shape index (κ1) is 24.3. The molecule has 2 aromatic carbocycles. The zero-order valence-corrected chi connectivity index (χ0v) is 20.7. The molecule has 4 rings (SSSR count). The molecule has 0 radical (unpaired) electrons. The van der Waals surface area contributed by atoms with E-state index in [1.54, 1.807) is 0 Å². The fourth-order valence-corrected chi connectivity index (χ4v) is 4.53. The number of ether oxygens (including phenoxy) is 2. The molecule has 1 N–H and O–H groups in total. The van der Waals surface area contributed by atoms with Gasteiger partial charge in [-0.2, -0.15) is 5.10 Å². The Kier molecular flexibility index (Phi) is 7.91. The average molecular weight is 464 g/mol. The monoisotopic (exact) mass is 463 g/mol. The van der Waals surface area contributed by atoms with Crippen LogP contribution < -0.4 is 9.47 Å². The van der Waals surface area contributed by atoms with E-state index in [2.05, 4.69) is 48.1 Å². The fourth-order valence-electron chi connectivity index (χ4n) is 4.53. The number of likely N-dealkylation sites (tertiary alicyclic amines) is 1. The van der Waals surface area contributed by atoms with E-state index in [1.807, 2.05) is 41.9 Å². The molecule has 3 aromatic rings. The maximum Gasteiger partial charge on any atom is 0.119 e. The number of aromatic nitrogens is 2. The third-order valence-electron chi connectivity index (χ3n) is 6.52. The minimum absolute atomic E-state index is 0.336. The number of aryl methyl sites for hydroxylation is 3. The summed E-state index contributed by atoms with van der Waals surface area (Å²) in [5.74, 6) is 1.70. The molecule has 0 bridgehead atoms. The van der Waals surface area contributed by atoms with Crippen LogP contribution in [0.15, 0.2) is 54.6 Å². The first-order valence-electron chi connectivity index (χ1n) is 12.3. The van der Waals surface area contributed by atoms with Crippen LogP contribution in [0.25, 0.3) is 0 Å². The summed E-state index contributed by atoms with van der Waals surface area (Å²) in [6, 6.07) is 18.4. The first-order chi connectivity index (χ1) is 16.4. The van der Waals surface area contributed by atoms with Crippen LogP contribution in [0.3, 0.4) is 0 Å². The lowest BCUT2D eigenvalue weighted by Gasteiger charge is -2.27. The topological polar surface area (TPSA) is 59.8 Å². The second-order valence-corrected chi connectivity index (χ2v) is 9.60. The number of hydrogen-bond donors (Lipinski definition) is 1. The lowest BCUT2D eigenvalue weighted by atomic mass is 9.96. The zero-order chi connectivity index (χ0) is 24.0. The summed E-state index contributed by atoms with van der Waals surface area (Å²) in [5.41, 5.74) is 3.83. The zero-order valence-electron chi connectivity index (χ0n) is 20.7. The number of benzene rings is 2. The predicted octanol–water partition coefficient (Wildman–Crippen LogP) is 4.68. The highest BCUT2D eigenvalue weighted by Gasteiger charge is 2.31. The average Bonchev–Trinajstić information content (AvgIpc) is 3.02. The van der Waals surface area contributed by atoms with E-state index < -0.39 is 5.60 Å². The molecule has 2 heterocycles. The second-order valence-electron chi connectivity index (χ2n) is 9.60.